The lowest BCUT2D eigenvalue weighted by Gasteiger charge is -2.12. The summed E-state index contributed by atoms with van der Waals surface area (Å²) >= 11 is 6.00. The number of alkyl halides is 3. The molecule has 2 aromatic rings. The van der Waals surface area contributed by atoms with E-state index < -0.39 is 12.3 Å². The topological polar surface area (TPSA) is 46.5 Å². The van der Waals surface area contributed by atoms with Crippen molar-refractivity contribution in [2.75, 3.05) is 0 Å². The summed E-state index contributed by atoms with van der Waals surface area (Å²) in [4.78, 5) is 10.9. The maximum atomic E-state index is 12.1. The molecule has 0 radical (unpaired) electrons. The van der Waals surface area contributed by atoms with Crippen LogP contribution in [-0.4, -0.2) is 17.4 Å². The first-order chi connectivity index (χ1) is 10.3. The molecule has 0 heterocycles. The quantitative estimate of drug-likeness (QED) is 0.895. The van der Waals surface area contributed by atoms with Gasteiger partial charge in [0.2, 0.25) is 0 Å². The molecule has 2 aromatic carbocycles. The van der Waals surface area contributed by atoms with Crippen molar-refractivity contribution >= 4 is 17.6 Å². The highest BCUT2D eigenvalue weighted by Crippen LogP contribution is 2.31. The molecule has 0 saturated heterocycles. The number of carboxylic acids is 1. The standard InChI is InChI=1S/C15H10ClF3O3/c16-13-3-1-2-11(12(13)8-14(20)21)9-4-6-10(7-5-9)22-15(17,18)19/h1-7H,8H2,(H,20,21). The third kappa shape index (κ3) is 4.14. The molecule has 0 aliphatic rings. The maximum Gasteiger partial charge on any atom is 0.573 e. The molecule has 0 bridgehead atoms. The number of benzene rings is 2. The third-order valence-corrected chi connectivity index (χ3v) is 3.20. The van der Waals surface area contributed by atoms with Crippen molar-refractivity contribution < 1.29 is 27.8 Å². The Morgan fingerprint density at radius 3 is 2.32 bits per heavy atom. The number of carbonyl (C=O) groups is 1. The van der Waals surface area contributed by atoms with Gasteiger partial charge in [0.25, 0.3) is 0 Å². The molecule has 3 nitrogen and oxygen atoms in total. The molecule has 1 N–H and O–H groups in total. The summed E-state index contributed by atoms with van der Waals surface area (Å²) < 4.78 is 40.2. The Hall–Kier alpha value is -2.21. The zero-order chi connectivity index (χ0) is 16.3. The van der Waals surface area contributed by atoms with Crippen LogP contribution in [0.1, 0.15) is 5.56 Å². The lowest BCUT2D eigenvalue weighted by molar-refractivity contribution is -0.274. The van der Waals surface area contributed by atoms with Gasteiger partial charge in [0, 0.05) is 5.02 Å². The zero-order valence-electron chi connectivity index (χ0n) is 11.0. The fourth-order valence-electron chi connectivity index (χ4n) is 2.00. The van der Waals surface area contributed by atoms with Crippen molar-refractivity contribution in [3.05, 3.63) is 53.1 Å². The molecule has 116 valence electrons. The molecule has 0 amide bonds. The van der Waals surface area contributed by atoms with Gasteiger partial charge in [0.1, 0.15) is 5.75 Å². The summed E-state index contributed by atoms with van der Waals surface area (Å²) in [7, 11) is 0. The van der Waals surface area contributed by atoms with Crippen LogP contribution in [-0.2, 0) is 11.2 Å². The van der Waals surface area contributed by atoms with Crippen LogP contribution in [0, 0.1) is 0 Å². The summed E-state index contributed by atoms with van der Waals surface area (Å²) in [5.74, 6) is -1.40. The molecule has 0 fully saturated rings. The largest absolute Gasteiger partial charge is 0.573 e. The van der Waals surface area contributed by atoms with Gasteiger partial charge in [0.05, 0.1) is 6.42 Å². The fourth-order valence-corrected chi connectivity index (χ4v) is 2.24. The SMILES string of the molecule is O=C(O)Cc1c(Cl)cccc1-c1ccc(OC(F)(F)F)cc1. The monoisotopic (exact) mass is 330 g/mol. The fraction of sp³-hybridized carbons (Fsp3) is 0.133. The molecule has 0 saturated carbocycles. The van der Waals surface area contributed by atoms with Gasteiger partial charge in [-0.25, -0.2) is 0 Å². The predicted octanol–water partition coefficient (Wildman–Crippen LogP) is 4.53. The first-order valence-electron chi connectivity index (χ1n) is 6.11. The maximum absolute atomic E-state index is 12.1. The van der Waals surface area contributed by atoms with Gasteiger partial charge in [-0.05, 0) is 34.9 Å². The van der Waals surface area contributed by atoms with E-state index in [0.717, 1.165) is 12.1 Å². The highest BCUT2D eigenvalue weighted by atomic mass is 35.5. The van der Waals surface area contributed by atoms with Crippen molar-refractivity contribution in [1.82, 2.24) is 0 Å². The summed E-state index contributed by atoms with van der Waals surface area (Å²) in [6, 6.07) is 10.0. The second kappa shape index (κ2) is 6.27. The second-order valence-electron chi connectivity index (χ2n) is 4.41. The third-order valence-electron chi connectivity index (χ3n) is 2.85. The Labute approximate surface area is 128 Å². The van der Waals surface area contributed by atoms with Gasteiger partial charge in [-0.1, -0.05) is 35.9 Å². The van der Waals surface area contributed by atoms with Gasteiger partial charge in [0.15, 0.2) is 0 Å². The van der Waals surface area contributed by atoms with E-state index in [1.165, 1.54) is 12.1 Å². The Balaban J connectivity index is 2.36. The van der Waals surface area contributed by atoms with Crippen molar-refractivity contribution in [3.8, 4) is 16.9 Å². The molecule has 0 aliphatic carbocycles. The smallest absolute Gasteiger partial charge is 0.481 e. The lowest BCUT2D eigenvalue weighted by atomic mass is 9.97. The average Bonchev–Trinajstić information content (AvgIpc) is 2.40. The molecule has 7 heteroatoms. The number of ether oxygens (including phenoxy) is 1. The van der Waals surface area contributed by atoms with Crippen LogP contribution in [0.3, 0.4) is 0 Å². The van der Waals surface area contributed by atoms with Crippen molar-refractivity contribution in [2.45, 2.75) is 12.8 Å². The summed E-state index contributed by atoms with van der Waals surface area (Å²) in [6.07, 6.45) is -5.04. The van der Waals surface area contributed by atoms with Crippen LogP contribution in [0.15, 0.2) is 42.5 Å². The summed E-state index contributed by atoms with van der Waals surface area (Å²) in [5, 5.41) is 9.22. The summed E-state index contributed by atoms with van der Waals surface area (Å²) in [5.41, 5.74) is 1.50. The van der Waals surface area contributed by atoms with Gasteiger partial charge in [-0.2, -0.15) is 0 Å². The van der Waals surface area contributed by atoms with Crippen LogP contribution in [0.5, 0.6) is 5.75 Å². The predicted molar refractivity (Wildman–Crippen MR) is 74.9 cm³/mol. The number of aliphatic carboxylic acids is 1. The number of hydrogen-bond acceptors (Lipinski definition) is 2. The van der Waals surface area contributed by atoms with Crippen molar-refractivity contribution in [2.24, 2.45) is 0 Å². The lowest BCUT2D eigenvalue weighted by Crippen LogP contribution is -2.16. The molecule has 0 spiro atoms. The van der Waals surface area contributed by atoms with Gasteiger partial charge in [-0.3, -0.25) is 4.79 Å². The van der Waals surface area contributed by atoms with E-state index in [2.05, 4.69) is 4.74 Å². The molecular formula is C15H10ClF3O3. The molecule has 0 unspecified atom stereocenters. The van der Waals surface area contributed by atoms with Crippen molar-refractivity contribution in [1.29, 1.82) is 0 Å². The Morgan fingerprint density at radius 2 is 1.77 bits per heavy atom. The number of rotatable bonds is 4. The Morgan fingerprint density at radius 1 is 1.14 bits per heavy atom. The van der Waals surface area contributed by atoms with Gasteiger partial charge < -0.3 is 9.84 Å². The van der Waals surface area contributed by atoms with E-state index in [4.69, 9.17) is 16.7 Å². The first kappa shape index (κ1) is 16.2. The van der Waals surface area contributed by atoms with E-state index in [0.29, 0.717) is 16.7 Å². The molecule has 22 heavy (non-hydrogen) atoms. The number of carboxylic acid groups (broad SMARTS) is 1. The van der Waals surface area contributed by atoms with Crippen LogP contribution in [0.25, 0.3) is 11.1 Å². The number of hydrogen-bond donors (Lipinski definition) is 1. The van der Waals surface area contributed by atoms with Crippen LogP contribution in [0.2, 0.25) is 5.02 Å². The molecule has 2 rings (SSSR count). The Bertz CT molecular complexity index is 681. The van der Waals surface area contributed by atoms with E-state index in [1.54, 1.807) is 18.2 Å². The highest BCUT2D eigenvalue weighted by Gasteiger charge is 2.31. The Kier molecular flexibility index (Phi) is 4.61. The average molecular weight is 331 g/mol. The van der Waals surface area contributed by atoms with E-state index >= 15 is 0 Å². The second-order valence-corrected chi connectivity index (χ2v) is 4.82. The minimum Gasteiger partial charge on any atom is -0.481 e. The molecular weight excluding hydrogens is 321 g/mol. The summed E-state index contributed by atoms with van der Waals surface area (Å²) in [6.45, 7) is 0. The number of halogens is 4. The van der Waals surface area contributed by atoms with Gasteiger partial charge in [-0.15, -0.1) is 13.2 Å². The molecule has 0 atom stereocenters. The minimum atomic E-state index is -4.76. The van der Waals surface area contributed by atoms with E-state index in [9.17, 15) is 18.0 Å². The van der Waals surface area contributed by atoms with Crippen LogP contribution in [0.4, 0.5) is 13.2 Å². The minimum absolute atomic E-state index is 0.282. The normalized spacial score (nSPS) is 11.3. The van der Waals surface area contributed by atoms with Crippen molar-refractivity contribution in [3.63, 3.8) is 0 Å². The molecule has 0 aromatic heterocycles. The highest BCUT2D eigenvalue weighted by molar-refractivity contribution is 6.32. The molecule has 0 aliphatic heterocycles. The van der Waals surface area contributed by atoms with Crippen LogP contribution < -0.4 is 4.74 Å². The van der Waals surface area contributed by atoms with E-state index in [1.807, 2.05) is 0 Å². The van der Waals surface area contributed by atoms with Gasteiger partial charge >= 0.3 is 12.3 Å². The zero-order valence-corrected chi connectivity index (χ0v) is 11.8. The van der Waals surface area contributed by atoms with E-state index in [-0.39, 0.29) is 17.2 Å². The first-order valence-corrected chi connectivity index (χ1v) is 6.49. The van der Waals surface area contributed by atoms with Crippen LogP contribution >= 0.6 is 11.6 Å².